The number of H-pyrrole nitrogens is 1. The highest BCUT2D eigenvalue weighted by molar-refractivity contribution is 5.88. The minimum atomic E-state index is -4.83. The van der Waals surface area contributed by atoms with Crippen molar-refractivity contribution in [2.24, 2.45) is 0 Å². The number of hydrogen-bond donors (Lipinski definition) is 2. The normalized spacial score (nSPS) is 11.6. The lowest BCUT2D eigenvalue weighted by Gasteiger charge is -2.05. The van der Waals surface area contributed by atoms with E-state index in [0.29, 0.717) is 5.56 Å². The number of aromatic carboxylic acids is 1. The quantitative estimate of drug-likeness (QED) is 0.442. The molecule has 152 valence electrons. The molecule has 6 nitrogen and oxygen atoms in total. The molecule has 0 fully saturated rings. The molecule has 0 aliphatic heterocycles. The van der Waals surface area contributed by atoms with Gasteiger partial charge in [-0.2, -0.15) is 13.2 Å². The van der Waals surface area contributed by atoms with E-state index in [0.717, 1.165) is 12.1 Å². The zero-order valence-electron chi connectivity index (χ0n) is 14.9. The Morgan fingerprint density at radius 3 is 2.23 bits per heavy atom. The van der Waals surface area contributed by atoms with E-state index in [2.05, 4.69) is 19.6 Å². The van der Waals surface area contributed by atoms with E-state index < -0.39 is 29.3 Å². The van der Waals surface area contributed by atoms with Crippen LogP contribution < -0.4 is 0 Å². The van der Waals surface area contributed by atoms with Gasteiger partial charge in [-0.15, -0.1) is 0 Å². The predicted molar refractivity (Wildman–Crippen MR) is 96.9 cm³/mol. The van der Waals surface area contributed by atoms with Crippen LogP contribution in [0.2, 0.25) is 0 Å². The second-order valence-electron chi connectivity index (χ2n) is 6.26. The van der Waals surface area contributed by atoms with Gasteiger partial charge >= 0.3 is 12.1 Å². The Bertz CT molecular complexity index is 1210. The third kappa shape index (κ3) is 3.54. The van der Waals surface area contributed by atoms with Crippen molar-refractivity contribution < 1.29 is 32.0 Å². The van der Waals surface area contributed by atoms with Crippen LogP contribution in [0, 0.1) is 5.82 Å². The first-order chi connectivity index (χ1) is 14.2. The highest BCUT2D eigenvalue weighted by Gasteiger charge is 2.41. The molecule has 0 aliphatic carbocycles. The fraction of sp³-hybridized carbons (Fsp3) is 0.0500. The van der Waals surface area contributed by atoms with Gasteiger partial charge in [0.05, 0.1) is 16.8 Å². The molecule has 0 amide bonds. The van der Waals surface area contributed by atoms with E-state index in [1.165, 1.54) is 42.6 Å². The van der Waals surface area contributed by atoms with Crippen molar-refractivity contribution >= 4 is 5.97 Å². The predicted octanol–water partition coefficient (Wildman–Crippen LogP) is 5.25. The van der Waals surface area contributed by atoms with E-state index in [4.69, 9.17) is 5.11 Å². The van der Waals surface area contributed by atoms with Gasteiger partial charge in [0.2, 0.25) is 5.76 Å². The van der Waals surface area contributed by atoms with Gasteiger partial charge in [0.25, 0.3) is 0 Å². The molecular weight excluding hydrogens is 406 g/mol. The standard InChI is InChI=1S/C20H11F4N3O3/c21-13-7-5-10(6-8-13)16-15(17(30-27-16)20(22,23)24)14-9-25-18(26-14)11-1-3-12(4-2-11)19(28)29/h1-9H,(H,25,26)(H,28,29). The fourth-order valence-electron chi connectivity index (χ4n) is 2.89. The summed E-state index contributed by atoms with van der Waals surface area (Å²) >= 11 is 0. The summed E-state index contributed by atoms with van der Waals surface area (Å²) < 4.78 is 58.2. The number of benzene rings is 2. The molecule has 30 heavy (non-hydrogen) atoms. The lowest BCUT2D eigenvalue weighted by atomic mass is 10.0. The Morgan fingerprint density at radius 2 is 1.63 bits per heavy atom. The molecular formula is C20H11F4N3O3. The van der Waals surface area contributed by atoms with Gasteiger partial charge in [0.15, 0.2) is 0 Å². The van der Waals surface area contributed by atoms with E-state index in [1.54, 1.807) is 0 Å². The number of carboxylic acids is 1. The van der Waals surface area contributed by atoms with Crippen LogP contribution in [-0.4, -0.2) is 26.2 Å². The Morgan fingerprint density at radius 1 is 1.00 bits per heavy atom. The summed E-state index contributed by atoms with van der Waals surface area (Å²) in [5.74, 6) is -2.76. The van der Waals surface area contributed by atoms with Crippen molar-refractivity contribution in [1.82, 2.24) is 15.1 Å². The smallest absolute Gasteiger partial charge is 0.453 e. The van der Waals surface area contributed by atoms with Gasteiger partial charge in [-0.05, 0) is 36.4 Å². The number of aromatic amines is 1. The zero-order valence-corrected chi connectivity index (χ0v) is 14.9. The molecule has 0 saturated heterocycles. The SMILES string of the molecule is O=C(O)c1ccc(-c2nc(-c3c(-c4ccc(F)cc4)noc3C(F)(F)F)c[nH]2)cc1. The second-order valence-corrected chi connectivity index (χ2v) is 6.26. The molecule has 4 aromatic rings. The number of carboxylic acid groups (broad SMARTS) is 1. The summed E-state index contributed by atoms with van der Waals surface area (Å²) in [5, 5.41) is 12.5. The number of rotatable bonds is 4. The molecule has 2 aromatic carbocycles. The van der Waals surface area contributed by atoms with Crippen LogP contribution in [0.4, 0.5) is 17.6 Å². The molecule has 0 bridgehead atoms. The molecule has 0 atom stereocenters. The topological polar surface area (TPSA) is 92.0 Å². The molecule has 2 N–H and O–H groups in total. The first-order valence-electron chi connectivity index (χ1n) is 8.46. The van der Waals surface area contributed by atoms with Gasteiger partial charge in [0.1, 0.15) is 17.3 Å². The zero-order chi connectivity index (χ0) is 21.5. The molecule has 2 aromatic heterocycles. The number of imidazole rings is 1. The van der Waals surface area contributed by atoms with E-state index in [9.17, 15) is 22.4 Å². The van der Waals surface area contributed by atoms with E-state index >= 15 is 0 Å². The number of nitrogens with one attached hydrogen (secondary N) is 1. The van der Waals surface area contributed by atoms with Gasteiger partial charge in [-0.25, -0.2) is 14.2 Å². The number of aromatic nitrogens is 3. The van der Waals surface area contributed by atoms with Crippen LogP contribution in [0.15, 0.2) is 59.3 Å². The van der Waals surface area contributed by atoms with E-state index in [1.807, 2.05) is 0 Å². The molecule has 0 aliphatic rings. The highest BCUT2D eigenvalue weighted by atomic mass is 19.4. The van der Waals surface area contributed by atoms with Crippen LogP contribution in [0.1, 0.15) is 16.1 Å². The minimum absolute atomic E-state index is 0.0579. The lowest BCUT2D eigenvalue weighted by Crippen LogP contribution is -2.05. The van der Waals surface area contributed by atoms with Crippen molar-refractivity contribution in [3.8, 4) is 33.9 Å². The molecule has 0 radical (unpaired) electrons. The van der Waals surface area contributed by atoms with Crippen molar-refractivity contribution in [1.29, 1.82) is 0 Å². The molecule has 2 heterocycles. The summed E-state index contributed by atoms with van der Waals surface area (Å²) in [6.45, 7) is 0. The van der Waals surface area contributed by atoms with Gasteiger partial charge in [-0.3, -0.25) is 0 Å². The first kappa shape index (κ1) is 19.4. The number of carbonyl (C=O) groups is 1. The Labute approximate surface area is 165 Å². The van der Waals surface area contributed by atoms with Crippen LogP contribution in [0.5, 0.6) is 0 Å². The number of halogens is 4. The monoisotopic (exact) mass is 417 g/mol. The molecule has 0 saturated carbocycles. The molecule has 4 rings (SSSR count). The minimum Gasteiger partial charge on any atom is -0.478 e. The Hall–Kier alpha value is -3.95. The van der Waals surface area contributed by atoms with Crippen molar-refractivity contribution in [2.75, 3.05) is 0 Å². The van der Waals surface area contributed by atoms with Crippen LogP contribution >= 0.6 is 0 Å². The summed E-state index contributed by atoms with van der Waals surface area (Å²) in [6.07, 6.45) is -3.57. The lowest BCUT2D eigenvalue weighted by molar-refractivity contribution is -0.154. The molecule has 10 heteroatoms. The van der Waals surface area contributed by atoms with Crippen molar-refractivity contribution in [3.05, 3.63) is 71.9 Å². The number of alkyl halides is 3. The summed E-state index contributed by atoms with van der Waals surface area (Å²) in [4.78, 5) is 17.9. The molecule has 0 spiro atoms. The third-order valence-corrected chi connectivity index (χ3v) is 4.31. The average molecular weight is 417 g/mol. The van der Waals surface area contributed by atoms with Gasteiger partial charge in [-0.1, -0.05) is 17.3 Å². The summed E-state index contributed by atoms with van der Waals surface area (Å²) in [5.41, 5.74) is 0.142. The highest BCUT2D eigenvalue weighted by Crippen LogP contribution is 2.42. The number of nitrogens with zero attached hydrogens (tertiary/aromatic N) is 2. The Kier molecular flexibility index (Phi) is 4.61. The maximum atomic E-state index is 13.5. The van der Waals surface area contributed by atoms with Crippen LogP contribution in [0.3, 0.4) is 0 Å². The largest absolute Gasteiger partial charge is 0.478 e. The first-order valence-corrected chi connectivity index (χ1v) is 8.46. The van der Waals surface area contributed by atoms with Crippen LogP contribution in [-0.2, 0) is 6.18 Å². The van der Waals surface area contributed by atoms with Crippen molar-refractivity contribution in [3.63, 3.8) is 0 Å². The fourth-order valence-corrected chi connectivity index (χ4v) is 2.89. The van der Waals surface area contributed by atoms with Gasteiger partial charge in [0, 0.05) is 17.3 Å². The average Bonchev–Trinajstić information content (AvgIpc) is 3.35. The van der Waals surface area contributed by atoms with E-state index in [-0.39, 0.29) is 28.3 Å². The number of hydrogen-bond acceptors (Lipinski definition) is 4. The van der Waals surface area contributed by atoms with Gasteiger partial charge < -0.3 is 14.6 Å². The van der Waals surface area contributed by atoms with Crippen molar-refractivity contribution in [2.45, 2.75) is 6.18 Å². The third-order valence-electron chi connectivity index (χ3n) is 4.31. The second kappa shape index (κ2) is 7.14. The molecule has 0 unspecified atom stereocenters. The maximum absolute atomic E-state index is 13.5. The summed E-state index contributed by atoms with van der Waals surface area (Å²) in [7, 11) is 0. The Balaban J connectivity index is 1.81. The van der Waals surface area contributed by atoms with Crippen LogP contribution in [0.25, 0.3) is 33.9 Å². The summed E-state index contributed by atoms with van der Waals surface area (Å²) in [6, 6.07) is 10.4. The maximum Gasteiger partial charge on any atom is 0.453 e.